The van der Waals surface area contributed by atoms with Gasteiger partial charge in [-0.05, 0) is 53.9 Å². The van der Waals surface area contributed by atoms with Crippen LogP contribution in [0.15, 0.2) is 76.6 Å². The van der Waals surface area contributed by atoms with Crippen LogP contribution in [0, 0.1) is 0 Å². The Balaban J connectivity index is 1.25. The number of anilines is 1. The number of rotatable bonds is 6. The molecule has 1 aliphatic rings. The molecule has 3 aromatic heterocycles. The highest BCUT2D eigenvalue weighted by atomic mass is 32.2. The van der Waals surface area contributed by atoms with Crippen LogP contribution in [-0.2, 0) is 16.2 Å². The molecule has 0 spiro atoms. The van der Waals surface area contributed by atoms with Crippen molar-refractivity contribution in [1.82, 2.24) is 24.5 Å². The molecule has 38 heavy (non-hydrogen) atoms. The number of piperidine rings is 1. The molecule has 0 bridgehead atoms. The van der Waals surface area contributed by atoms with E-state index in [2.05, 4.69) is 25.5 Å². The van der Waals surface area contributed by atoms with Crippen molar-refractivity contribution in [1.29, 1.82) is 0 Å². The Labute approximate surface area is 215 Å². The molecule has 1 saturated heterocycles. The topological polar surface area (TPSA) is 134 Å². The molecule has 10 nitrogen and oxygen atoms in total. The number of hydrogen-bond donors (Lipinski definition) is 2. The summed E-state index contributed by atoms with van der Waals surface area (Å²) < 4.78 is 71.0. The number of alkyl halides is 3. The van der Waals surface area contributed by atoms with Crippen molar-refractivity contribution in [3.05, 3.63) is 72.9 Å². The van der Waals surface area contributed by atoms with Crippen molar-refractivity contribution in [2.24, 2.45) is 0 Å². The smallest absolute Gasteiger partial charge is 0.417 e. The van der Waals surface area contributed by atoms with Crippen LogP contribution in [0.25, 0.3) is 22.7 Å². The predicted octanol–water partition coefficient (Wildman–Crippen LogP) is 3.45. The van der Waals surface area contributed by atoms with Gasteiger partial charge in [-0.1, -0.05) is 12.1 Å². The standard InChI is InChI=1S/C24H21F3N6O4S/c25-24(26,27)17-3-6-22(29-12-17)31-19-8-10-33(13-21(19)34)38(35,36)18-4-1-15(2-5-18)16-7-9-28-20(11-16)23-32-30-14-37-23/h1-7,9,11-12,14,19,21,34H,8,10,13H2,(H,29,31)/t19-,21+/m1/s1. The highest BCUT2D eigenvalue weighted by Gasteiger charge is 2.35. The first-order chi connectivity index (χ1) is 18.1. The second-order valence-corrected chi connectivity index (χ2v) is 10.5. The van der Waals surface area contributed by atoms with Crippen LogP contribution in [0.5, 0.6) is 0 Å². The van der Waals surface area contributed by atoms with E-state index in [9.17, 15) is 26.7 Å². The zero-order valence-electron chi connectivity index (χ0n) is 19.6. The number of nitrogens with one attached hydrogen (secondary N) is 1. The lowest BCUT2D eigenvalue weighted by molar-refractivity contribution is -0.137. The number of β-amino-alcohol motifs (C(OH)–C–C–N with tert-alkyl or cyclic N) is 1. The van der Waals surface area contributed by atoms with Gasteiger partial charge >= 0.3 is 6.18 Å². The number of pyridine rings is 2. The summed E-state index contributed by atoms with van der Waals surface area (Å²) in [6, 6.07) is 11.3. The van der Waals surface area contributed by atoms with E-state index in [-0.39, 0.29) is 36.1 Å². The summed E-state index contributed by atoms with van der Waals surface area (Å²) in [5.74, 6) is 0.420. The Morgan fingerprint density at radius 3 is 2.47 bits per heavy atom. The SMILES string of the molecule is O=S(=O)(c1ccc(-c2ccnc(-c3nnco3)c2)cc1)N1CC[C@@H](Nc2ccc(C(F)(F)F)cn2)[C@@H](O)C1. The van der Waals surface area contributed by atoms with E-state index in [1.165, 1.54) is 28.9 Å². The largest absolute Gasteiger partial charge is 0.422 e. The summed E-state index contributed by atoms with van der Waals surface area (Å²) in [4.78, 5) is 8.02. The fourth-order valence-electron chi connectivity index (χ4n) is 4.11. The quantitative estimate of drug-likeness (QED) is 0.373. The normalized spacial score (nSPS) is 18.8. The Hall–Kier alpha value is -3.88. The predicted molar refractivity (Wildman–Crippen MR) is 129 cm³/mol. The van der Waals surface area contributed by atoms with Crippen LogP contribution in [0.2, 0.25) is 0 Å². The Morgan fingerprint density at radius 2 is 1.84 bits per heavy atom. The van der Waals surface area contributed by atoms with E-state index >= 15 is 0 Å². The monoisotopic (exact) mass is 546 g/mol. The molecule has 0 saturated carbocycles. The average molecular weight is 547 g/mol. The Kier molecular flexibility index (Phi) is 6.86. The van der Waals surface area contributed by atoms with E-state index in [0.29, 0.717) is 11.9 Å². The van der Waals surface area contributed by atoms with Gasteiger partial charge < -0.3 is 14.8 Å². The summed E-state index contributed by atoms with van der Waals surface area (Å²) >= 11 is 0. The number of nitrogens with zero attached hydrogens (tertiary/aromatic N) is 5. The van der Waals surface area contributed by atoms with Crippen molar-refractivity contribution in [2.45, 2.75) is 29.6 Å². The maximum Gasteiger partial charge on any atom is 0.417 e. The van der Waals surface area contributed by atoms with Gasteiger partial charge in [0, 0.05) is 25.5 Å². The number of aliphatic hydroxyl groups is 1. The van der Waals surface area contributed by atoms with Gasteiger partial charge in [0.15, 0.2) is 0 Å². The fourth-order valence-corrected chi connectivity index (χ4v) is 5.58. The lowest BCUT2D eigenvalue weighted by atomic mass is 10.0. The highest BCUT2D eigenvalue weighted by Crippen LogP contribution is 2.30. The molecule has 2 atom stereocenters. The van der Waals surface area contributed by atoms with Gasteiger partial charge in [0.05, 0.1) is 22.6 Å². The van der Waals surface area contributed by atoms with E-state index < -0.39 is 33.9 Å². The zero-order valence-corrected chi connectivity index (χ0v) is 20.4. The summed E-state index contributed by atoms with van der Waals surface area (Å²) in [5.41, 5.74) is 1.12. The minimum absolute atomic E-state index is 0.0652. The third kappa shape index (κ3) is 5.37. The van der Waals surface area contributed by atoms with Crippen molar-refractivity contribution in [2.75, 3.05) is 18.4 Å². The summed E-state index contributed by atoms with van der Waals surface area (Å²) in [7, 11) is -3.90. The van der Waals surface area contributed by atoms with Crippen LogP contribution in [0.3, 0.4) is 0 Å². The molecule has 4 heterocycles. The average Bonchev–Trinajstić information content (AvgIpc) is 3.45. The highest BCUT2D eigenvalue weighted by molar-refractivity contribution is 7.89. The molecule has 0 radical (unpaired) electrons. The van der Waals surface area contributed by atoms with Gasteiger partial charge in [-0.3, -0.25) is 4.98 Å². The summed E-state index contributed by atoms with van der Waals surface area (Å²) in [6.07, 6.45) is -1.88. The van der Waals surface area contributed by atoms with Crippen molar-refractivity contribution >= 4 is 15.8 Å². The molecule has 1 aromatic carbocycles. The fraction of sp³-hybridized carbons (Fsp3) is 0.250. The molecule has 14 heteroatoms. The minimum Gasteiger partial charge on any atom is -0.422 e. The number of aromatic nitrogens is 4. The Bertz CT molecular complexity index is 1500. The zero-order chi connectivity index (χ0) is 26.9. The molecule has 0 amide bonds. The first kappa shape index (κ1) is 25.8. The van der Waals surface area contributed by atoms with Gasteiger partial charge in [0.1, 0.15) is 11.5 Å². The van der Waals surface area contributed by atoms with Crippen molar-refractivity contribution < 1.29 is 31.1 Å². The number of hydrogen-bond acceptors (Lipinski definition) is 9. The lowest BCUT2D eigenvalue weighted by Gasteiger charge is -2.35. The number of benzene rings is 1. The van der Waals surface area contributed by atoms with Gasteiger partial charge in [-0.15, -0.1) is 10.2 Å². The molecule has 5 rings (SSSR count). The van der Waals surface area contributed by atoms with Gasteiger partial charge in [-0.25, -0.2) is 13.4 Å². The number of sulfonamides is 1. The van der Waals surface area contributed by atoms with Crippen LogP contribution >= 0.6 is 0 Å². The number of halogens is 3. The third-order valence-electron chi connectivity index (χ3n) is 6.13. The van der Waals surface area contributed by atoms with E-state index in [1.54, 1.807) is 30.5 Å². The van der Waals surface area contributed by atoms with Crippen molar-refractivity contribution in [3.63, 3.8) is 0 Å². The van der Waals surface area contributed by atoms with Crippen LogP contribution < -0.4 is 5.32 Å². The maximum absolute atomic E-state index is 13.2. The molecule has 1 fully saturated rings. The maximum atomic E-state index is 13.2. The second-order valence-electron chi connectivity index (χ2n) is 8.60. The molecule has 0 unspecified atom stereocenters. The van der Waals surface area contributed by atoms with Gasteiger partial charge in [0.2, 0.25) is 16.4 Å². The second kappa shape index (κ2) is 10.1. The molecule has 2 N–H and O–H groups in total. The first-order valence-electron chi connectivity index (χ1n) is 11.4. The molecule has 1 aliphatic heterocycles. The van der Waals surface area contributed by atoms with Crippen molar-refractivity contribution in [3.8, 4) is 22.7 Å². The molecule has 4 aromatic rings. The number of aliphatic hydroxyl groups excluding tert-OH is 1. The molecular formula is C24H21F3N6O4S. The van der Waals surface area contributed by atoms with Crippen LogP contribution in [-0.4, -0.2) is 63.2 Å². The van der Waals surface area contributed by atoms with Crippen LogP contribution in [0.4, 0.5) is 19.0 Å². The van der Waals surface area contributed by atoms with Gasteiger partial charge in [-0.2, -0.15) is 17.5 Å². The van der Waals surface area contributed by atoms with Gasteiger partial charge in [0.25, 0.3) is 5.89 Å². The van der Waals surface area contributed by atoms with Crippen LogP contribution in [0.1, 0.15) is 12.0 Å². The minimum atomic E-state index is -4.50. The summed E-state index contributed by atoms with van der Waals surface area (Å²) in [5, 5.41) is 21.0. The molecule has 0 aliphatic carbocycles. The summed E-state index contributed by atoms with van der Waals surface area (Å²) in [6.45, 7) is -0.0718. The third-order valence-corrected chi connectivity index (χ3v) is 8.01. The Morgan fingerprint density at radius 1 is 1.05 bits per heavy atom. The molecule has 198 valence electrons. The van der Waals surface area contributed by atoms with E-state index in [4.69, 9.17) is 4.42 Å². The first-order valence-corrected chi connectivity index (χ1v) is 12.9. The van der Waals surface area contributed by atoms with E-state index in [0.717, 1.165) is 17.2 Å². The van der Waals surface area contributed by atoms with E-state index in [1.807, 2.05) is 0 Å². The molecular weight excluding hydrogens is 525 g/mol. The lowest BCUT2D eigenvalue weighted by Crippen LogP contribution is -2.51.